The first kappa shape index (κ1) is 11.0. The third kappa shape index (κ3) is 2.25. The maximum Gasteiger partial charge on any atom is 0.308 e. The highest BCUT2D eigenvalue weighted by molar-refractivity contribution is 5.86. The molecule has 1 rings (SSSR count). The molecule has 4 heteroatoms. The van der Waals surface area contributed by atoms with E-state index >= 15 is 0 Å². The molecule has 1 heterocycles. The molecule has 0 aromatic rings. The van der Waals surface area contributed by atoms with Crippen molar-refractivity contribution < 1.29 is 14.7 Å². The average molecular weight is 199 g/mol. The summed E-state index contributed by atoms with van der Waals surface area (Å²) < 4.78 is 0. The van der Waals surface area contributed by atoms with E-state index in [4.69, 9.17) is 5.11 Å². The topological polar surface area (TPSA) is 57.6 Å². The minimum Gasteiger partial charge on any atom is -0.481 e. The molecule has 0 aliphatic carbocycles. The molecule has 80 valence electrons. The van der Waals surface area contributed by atoms with Gasteiger partial charge in [-0.3, -0.25) is 9.59 Å². The van der Waals surface area contributed by atoms with E-state index in [1.165, 1.54) is 0 Å². The Morgan fingerprint density at radius 2 is 2.36 bits per heavy atom. The monoisotopic (exact) mass is 199 g/mol. The van der Waals surface area contributed by atoms with Gasteiger partial charge in [0.25, 0.3) is 0 Å². The number of carboxylic acids is 1. The largest absolute Gasteiger partial charge is 0.481 e. The van der Waals surface area contributed by atoms with E-state index < -0.39 is 11.9 Å². The van der Waals surface area contributed by atoms with Crippen LogP contribution < -0.4 is 0 Å². The second-order valence-corrected chi connectivity index (χ2v) is 3.92. The normalized spacial score (nSPS) is 24.0. The number of carbonyl (C=O) groups is 2. The van der Waals surface area contributed by atoms with Crippen molar-refractivity contribution in [1.82, 2.24) is 4.90 Å². The summed E-state index contributed by atoms with van der Waals surface area (Å²) in [5.41, 5.74) is 0. The molecule has 0 bridgehead atoms. The van der Waals surface area contributed by atoms with Crippen molar-refractivity contribution in [2.45, 2.75) is 39.2 Å². The van der Waals surface area contributed by atoms with Crippen LogP contribution in [-0.2, 0) is 9.59 Å². The maximum absolute atomic E-state index is 11.5. The fourth-order valence-electron chi connectivity index (χ4n) is 1.90. The van der Waals surface area contributed by atoms with Crippen molar-refractivity contribution in [2.24, 2.45) is 5.92 Å². The van der Waals surface area contributed by atoms with Gasteiger partial charge in [0.2, 0.25) is 5.91 Å². The number of nitrogens with zero attached hydrogens (tertiary/aromatic N) is 1. The lowest BCUT2D eigenvalue weighted by Gasteiger charge is -2.23. The predicted octanol–water partition coefficient (Wildman–Crippen LogP) is 1.11. The molecule has 1 aliphatic heterocycles. The summed E-state index contributed by atoms with van der Waals surface area (Å²) in [7, 11) is 0. The van der Waals surface area contributed by atoms with Gasteiger partial charge in [-0.25, -0.2) is 0 Å². The molecular formula is C10H17NO3. The molecule has 0 aromatic heterocycles. The molecule has 1 N–H and O–H groups in total. The van der Waals surface area contributed by atoms with Crippen LogP contribution in [0.1, 0.15) is 33.1 Å². The molecular weight excluding hydrogens is 182 g/mol. The SMILES string of the molecule is CCCC(C)N1CC(C(=O)O)CC1=O. The van der Waals surface area contributed by atoms with E-state index in [0.717, 1.165) is 12.8 Å². The predicted molar refractivity (Wildman–Crippen MR) is 51.8 cm³/mol. The van der Waals surface area contributed by atoms with Crippen molar-refractivity contribution >= 4 is 11.9 Å². The Labute approximate surface area is 83.9 Å². The quantitative estimate of drug-likeness (QED) is 0.737. The number of aliphatic carboxylic acids is 1. The Balaban J connectivity index is 2.56. The number of carboxylic acid groups (broad SMARTS) is 1. The second kappa shape index (κ2) is 4.44. The van der Waals surface area contributed by atoms with Crippen molar-refractivity contribution in [3.05, 3.63) is 0 Å². The van der Waals surface area contributed by atoms with Crippen LogP contribution in [0.4, 0.5) is 0 Å². The summed E-state index contributed by atoms with van der Waals surface area (Å²) >= 11 is 0. The Hall–Kier alpha value is -1.06. The van der Waals surface area contributed by atoms with Crippen LogP contribution in [-0.4, -0.2) is 34.5 Å². The van der Waals surface area contributed by atoms with Crippen LogP contribution in [0.3, 0.4) is 0 Å². The van der Waals surface area contributed by atoms with Gasteiger partial charge in [0.05, 0.1) is 5.92 Å². The summed E-state index contributed by atoms with van der Waals surface area (Å²) in [4.78, 5) is 23.9. The Bertz CT molecular complexity index is 240. The van der Waals surface area contributed by atoms with E-state index in [0.29, 0.717) is 6.54 Å². The zero-order valence-corrected chi connectivity index (χ0v) is 8.69. The third-order valence-corrected chi connectivity index (χ3v) is 2.75. The summed E-state index contributed by atoms with van der Waals surface area (Å²) in [6.07, 6.45) is 2.13. The molecule has 0 radical (unpaired) electrons. The number of likely N-dealkylation sites (tertiary alicyclic amines) is 1. The zero-order chi connectivity index (χ0) is 10.7. The highest BCUT2D eigenvalue weighted by Crippen LogP contribution is 2.21. The molecule has 2 unspecified atom stereocenters. The average Bonchev–Trinajstić information content (AvgIpc) is 2.48. The van der Waals surface area contributed by atoms with Crippen LogP contribution in [0, 0.1) is 5.92 Å². The lowest BCUT2D eigenvalue weighted by molar-refractivity contribution is -0.141. The lowest BCUT2D eigenvalue weighted by atomic mass is 10.1. The highest BCUT2D eigenvalue weighted by Gasteiger charge is 2.36. The Kier molecular flexibility index (Phi) is 3.49. The summed E-state index contributed by atoms with van der Waals surface area (Å²) in [6.45, 7) is 4.42. The van der Waals surface area contributed by atoms with Crippen LogP contribution in [0.15, 0.2) is 0 Å². The number of rotatable bonds is 4. The van der Waals surface area contributed by atoms with Crippen LogP contribution >= 0.6 is 0 Å². The molecule has 1 amide bonds. The summed E-state index contributed by atoms with van der Waals surface area (Å²) in [5, 5.41) is 8.78. The van der Waals surface area contributed by atoms with Gasteiger partial charge >= 0.3 is 5.97 Å². The van der Waals surface area contributed by atoms with Crippen molar-refractivity contribution in [1.29, 1.82) is 0 Å². The van der Waals surface area contributed by atoms with Gasteiger partial charge in [-0.05, 0) is 13.3 Å². The highest BCUT2D eigenvalue weighted by atomic mass is 16.4. The van der Waals surface area contributed by atoms with E-state index in [9.17, 15) is 9.59 Å². The number of hydrogen-bond donors (Lipinski definition) is 1. The lowest BCUT2D eigenvalue weighted by Crippen LogP contribution is -2.34. The van der Waals surface area contributed by atoms with Gasteiger partial charge in [-0.1, -0.05) is 13.3 Å². The standard InChI is InChI=1S/C10H17NO3/c1-3-4-7(2)11-6-8(10(13)14)5-9(11)12/h7-8H,3-6H2,1-2H3,(H,13,14). The Morgan fingerprint density at radius 1 is 1.71 bits per heavy atom. The Morgan fingerprint density at radius 3 is 2.79 bits per heavy atom. The van der Waals surface area contributed by atoms with Gasteiger partial charge in [-0.2, -0.15) is 0 Å². The minimum absolute atomic E-state index is 0.0154. The fourth-order valence-corrected chi connectivity index (χ4v) is 1.90. The molecule has 0 aromatic carbocycles. The number of hydrogen-bond acceptors (Lipinski definition) is 2. The summed E-state index contributed by atoms with van der Waals surface area (Å²) in [5.74, 6) is -1.37. The molecule has 4 nitrogen and oxygen atoms in total. The smallest absolute Gasteiger partial charge is 0.308 e. The van der Waals surface area contributed by atoms with Gasteiger partial charge < -0.3 is 10.0 Å². The number of amides is 1. The van der Waals surface area contributed by atoms with Crippen molar-refractivity contribution in [2.75, 3.05) is 6.54 Å². The van der Waals surface area contributed by atoms with E-state index in [1.807, 2.05) is 6.92 Å². The third-order valence-electron chi connectivity index (χ3n) is 2.75. The van der Waals surface area contributed by atoms with Gasteiger partial charge in [0.1, 0.15) is 0 Å². The first-order valence-corrected chi connectivity index (χ1v) is 5.08. The van der Waals surface area contributed by atoms with Gasteiger partial charge in [-0.15, -0.1) is 0 Å². The van der Waals surface area contributed by atoms with E-state index in [-0.39, 0.29) is 18.4 Å². The minimum atomic E-state index is -0.857. The zero-order valence-electron chi connectivity index (χ0n) is 8.69. The number of carbonyl (C=O) groups excluding carboxylic acids is 1. The van der Waals surface area contributed by atoms with Crippen LogP contribution in [0.25, 0.3) is 0 Å². The molecule has 2 atom stereocenters. The van der Waals surface area contributed by atoms with E-state index in [2.05, 4.69) is 6.92 Å². The van der Waals surface area contributed by atoms with Gasteiger partial charge in [0, 0.05) is 19.0 Å². The van der Waals surface area contributed by atoms with Crippen molar-refractivity contribution in [3.8, 4) is 0 Å². The molecule has 0 saturated carbocycles. The molecule has 1 saturated heterocycles. The van der Waals surface area contributed by atoms with Crippen molar-refractivity contribution in [3.63, 3.8) is 0 Å². The maximum atomic E-state index is 11.5. The molecule has 14 heavy (non-hydrogen) atoms. The van der Waals surface area contributed by atoms with E-state index in [1.54, 1.807) is 4.90 Å². The molecule has 1 fully saturated rings. The second-order valence-electron chi connectivity index (χ2n) is 3.92. The first-order chi connectivity index (χ1) is 6.56. The van der Waals surface area contributed by atoms with Crippen LogP contribution in [0.2, 0.25) is 0 Å². The molecule has 1 aliphatic rings. The van der Waals surface area contributed by atoms with Crippen LogP contribution in [0.5, 0.6) is 0 Å². The van der Waals surface area contributed by atoms with Gasteiger partial charge in [0.15, 0.2) is 0 Å². The first-order valence-electron chi connectivity index (χ1n) is 5.08. The summed E-state index contributed by atoms with van der Waals surface area (Å²) in [6, 6.07) is 0.178. The fraction of sp³-hybridized carbons (Fsp3) is 0.800. The molecule has 0 spiro atoms.